The van der Waals surface area contributed by atoms with E-state index in [-0.39, 0.29) is 16.5 Å². The predicted octanol–water partition coefficient (Wildman–Crippen LogP) is 7.24. The van der Waals surface area contributed by atoms with Gasteiger partial charge in [-0.2, -0.15) is 0 Å². The molecule has 0 atom stereocenters. The van der Waals surface area contributed by atoms with E-state index in [1.165, 1.54) is 12.1 Å². The van der Waals surface area contributed by atoms with Gasteiger partial charge in [0, 0.05) is 22.1 Å². The number of nitrogens with one attached hydrogen (secondary N) is 3. The van der Waals surface area contributed by atoms with Gasteiger partial charge in [-0.25, -0.2) is 0 Å². The number of carbonyl (C=O) groups excluding carboxylic acids is 2. The van der Waals surface area contributed by atoms with E-state index >= 15 is 0 Å². The molecule has 0 unspecified atom stereocenters. The first-order chi connectivity index (χ1) is 16.0. The maximum atomic E-state index is 12.9. The molecule has 7 heteroatoms. The fourth-order valence-electron chi connectivity index (χ4n) is 3.18. The van der Waals surface area contributed by atoms with E-state index in [2.05, 4.69) is 16.0 Å². The Labute approximate surface area is 201 Å². The van der Waals surface area contributed by atoms with Crippen LogP contribution in [0.25, 0.3) is 0 Å². The number of halogens is 2. The average molecular weight is 476 g/mol. The van der Waals surface area contributed by atoms with Gasteiger partial charge in [-0.3, -0.25) is 9.59 Å². The minimum absolute atomic E-state index is 0.228. The number of benzene rings is 4. The molecule has 5 nitrogen and oxygen atoms in total. The summed E-state index contributed by atoms with van der Waals surface area (Å²) in [5.74, 6) is -0.787. The Balaban J connectivity index is 1.46. The van der Waals surface area contributed by atoms with Crippen molar-refractivity contribution in [3.63, 3.8) is 0 Å². The van der Waals surface area contributed by atoms with Crippen molar-refractivity contribution in [3.8, 4) is 0 Å². The molecular formula is C26H19Cl2N3O2. The van der Waals surface area contributed by atoms with Crippen LogP contribution in [0.4, 0.5) is 22.7 Å². The smallest absolute Gasteiger partial charge is 0.257 e. The van der Waals surface area contributed by atoms with E-state index < -0.39 is 5.91 Å². The molecule has 0 fully saturated rings. The summed E-state index contributed by atoms with van der Waals surface area (Å²) in [5, 5.41) is 9.56. The van der Waals surface area contributed by atoms with Crippen LogP contribution >= 0.6 is 23.2 Å². The van der Waals surface area contributed by atoms with E-state index in [0.717, 1.165) is 11.4 Å². The minimum Gasteiger partial charge on any atom is -0.356 e. The summed E-state index contributed by atoms with van der Waals surface area (Å²) in [7, 11) is 0. The second kappa shape index (κ2) is 10.2. The number of para-hydroxylation sites is 2. The first kappa shape index (κ1) is 22.4. The molecule has 4 aromatic rings. The molecule has 4 rings (SSSR count). The van der Waals surface area contributed by atoms with Crippen LogP contribution in [0.3, 0.4) is 0 Å². The zero-order valence-corrected chi connectivity index (χ0v) is 18.8. The van der Waals surface area contributed by atoms with Crippen molar-refractivity contribution in [2.45, 2.75) is 0 Å². The van der Waals surface area contributed by atoms with Gasteiger partial charge in [0.1, 0.15) is 0 Å². The number of hydrogen-bond donors (Lipinski definition) is 3. The number of amides is 2. The van der Waals surface area contributed by atoms with Crippen LogP contribution in [-0.4, -0.2) is 11.8 Å². The summed E-state index contributed by atoms with van der Waals surface area (Å²) in [5.41, 5.74) is 3.44. The molecule has 0 saturated carbocycles. The van der Waals surface area contributed by atoms with Gasteiger partial charge in [-0.05, 0) is 66.7 Å². The van der Waals surface area contributed by atoms with Crippen molar-refractivity contribution in [2.75, 3.05) is 16.0 Å². The summed E-state index contributed by atoms with van der Waals surface area (Å²) >= 11 is 12.0. The monoisotopic (exact) mass is 475 g/mol. The van der Waals surface area contributed by atoms with Crippen molar-refractivity contribution >= 4 is 57.8 Å². The SMILES string of the molecule is O=C(Nc1ccccc1C(=O)Nc1ccc(Nc2ccccc2)cc1)c1ccc(Cl)cc1Cl. The molecule has 2 amide bonds. The summed E-state index contributed by atoms with van der Waals surface area (Å²) in [6.45, 7) is 0. The number of anilines is 4. The maximum Gasteiger partial charge on any atom is 0.257 e. The van der Waals surface area contributed by atoms with Gasteiger partial charge >= 0.3 is 0 Å². The van der Waals surface area contributed by atoms with Gasteiger partial charge < -0.3 is 16.0 Å². The van der Waals surface area contributed by atoms with Gasteiger partial charge in [-0.1, -0.05) is 53.5 Å². The molecule has 0 bridgehead atoms. The van der Waals surface area contributed by atoms with Crippen LogP contribution in [-0.2, 0) is 0 Å². The van der Waals surface area contributed by atoms with Crippen LogP contribution in [0.2, 0.25) is 10.0 Å². The highest BCUT2D eigenvalue weighted by molar-refractivity contribution is 6.37. The predicted molar refractivity (Wildman–Crippen MR) is 135 cm³/mol. The number of rotatable bonds is 6. The van der Waals surface area contributed by atoms with Crippen LogP contribution in [0.1, 0.15) is 20.7 Å². The Kier molecular flexibility index (Phi) is 6.93. The molecule has 0 radical (unpaired) electrons. The lowest BCUT2D eigenvalue weighted by molar-refractivity contribution is 0.102. The lowest BCUT2D eigenvalue weighted by Gasteiger charge is -2.13. The Bertz CT molecular complexity index is 1290. The molecule has 0 aliphatic heterocycles. The third-order valence-corrected chi connectivity index (χ3v) is 5.35. The Morgan fingerprint density at radius 1 is 0.576 bits per heavy atom. The van der Waals surface area contributed by atoms with Crippen LogP contribution < -0.4 is 16.0 Å². The van der Waals surface area contributed by atoms with Crippen LogP contribution in [0.5, 0.6) is 0 Å². The molecule has 33 heavy (non-hydrogen) atoms. The van der Waals surface area contributed by atoms with Crippen molar-refractivity contribution in [1.29, 1.82) is 0 Å². The van der Waals surface area contributed by atoms with Crippen LogP contribution in [0, 0.1) is 0 Å². The molecule has 3 N–H and O–H groups in total. The fraction of sp³-hybridized carbons (Fsp3) is 0. The number of carbonyl (C=O) groups is 2. The number of hydrogen-bond acceptors (Lipinski definition) is 3. The lowest BCUT2D eigenvalue weighted by Crippen LogP contribution is -2.18. The van der Waals surface area contributed by atoms with Crippen molar-refractivity contribution in [1.82, 2.24) is 0 Å². The first-order valence-electron chi connectivity index (χ1n) is 10.1. The average Bonchev–Trinajstić information content (AvgIpc) is 2.81. The molecule has 0 spiro atoms. The zero-order chi connectivity index (χ0) is 23.2. The molecule has 0 saturated heterocycles. The molecule has 164 valence electrons. The highest BCUT2D eigenvalue weighted by atomic mass is 35.5. The zero-order valence-electron chi connectivity index (χ0n) is 17.3. The molecular weight excluding hydrogens is 457 g/mol. The highest BCUT2D eigenvalue weighted by Crippen LogP contribution is 2.24. The Hall–Kier alpha value is -3.80. The van der Waals surface area contributed by atoms with Crippen molar-refractivity contribution < 1.29 is 9.59 Å². The quantitative estimate of drug-likeness (QED) is 0.275. The second-order valence-electron chi connectivity index (χ2n) is 7.15. The van der Waals surface area contributed by atoms with Crippen molar-refractivity contribution in [3.05, 3.63) is 118 Å². The molecule has 0 aliphatic carbocycles. The highest BCUT2D eigenvalue weighted by Gasteiger charge is 2.16. The Morgan fingerprint density at radius 2 is 1.18 bits per heavy atom. The third kappa shape index (κ3) is 5.71. The molecule has 0 aliphatic rings. The van der Waals surface area contributed by atoms with E-state index in [4.69, 9.17) is 23.2 Å². The molecule has 0 aromatic heterocycles. The van der Waals surface area contributed by atoms with Gasteiger partial charge in [-0.15, -0.1) is 0 Å². The van der Waals surface area contributed by atoms with Crippen molar-refractivity contribution in [2.24, 2.45) is 0 Å². The van der Waals surface area contributed by atoms with Gasteiger partial charge in [0.15, 0.2) is 0 Å². The Morgan fingerprint density at radius 3 is 1.91 bits per heavy atom. The molecule has 0 heterocycles. The standard InChI is InChI=1S/C26H19Cl2N3O2/c27-17-10-15-21(23(28)16-17)25(32)31-24-9-5-4-8-22(24)26(33)30-20-13-11-19(12-14-20)29-18-6-2-1-3-7-18/h1-16,29H,(H,30,33)(H,31,32). The van der Waals surface area contributed by atoms with Gasteiger partial charge in [0.05, 0.1) is 21.8 Å². The normalized spacial score (nSPS) is 10.4. The van der Waals surface area contributed by atoms with Gasteiger partial charge in [0.2, 0.25) is 0 Å². The maximum absolute atomic E-state index is 12.9. The summed E-state index contributed by atoms with van der Waals surface area (Å²) < 4.78 is 0. The fourth-order valence-corrected chi connectivity index (χ4v) is 3.67. The third-order valence-electron chi connectivity index (χ3n) is 4.80. The lowest BCUT2D eigenvalue weighted by atomic mass is 10.1. The summed E-state index contributed by atoms with van der Waals surface area (Å²) in [4.78, 5) is 25.6. The van der Waals surface area contributed by atoms with Gasteiger partial charge in [0.25, 0.3) is 11.8 Å². The van der Waals surface area contributed by atoms with Crippen LogP contribution in [0.15, 0.2) is 97.1 Å². The second-order valence-corrected chi connectivity index (χ2v) is 7.99. The topological polar surface area (TPSA) is 70.2 Å². The first-order valence-corrected chi connectivity index (χ1v) is 10.8. The summed E-state index contributed by atoms with van der Waals surface area (Å²) in [6.07, 6.45) is 0. The summed E-state index contributed by atoms with van der Waals surface area (Å²) in [6, 6.07) is 28.5. The minimum atomic E-state index is -0.437. The molecule has 4 aromatic carbocycles. The van der Waals surface area contributed by atoms with E-state index in [1.807, 2.05) is 42.5 Å². The largest absolute Gasteiger partial charge is 0.356 e. The van der Waals surface area contributed by atoms with E-state index in [1.54, 1.807) is 42.5 Å². The van der Waals surface area contributed by atoms with E-state index in [0.29, 0.717) is 22.0 Å². The van der Waals surface area contributed by atoms with E-state index in [9.17, 15) is 9.59 Å².